The van der Waals surface area contributed by atoms with Gasteiger partial charge in [0.25, 0.3) is 0 Å². The number of hydrogen-bond donors (Lipinski definition) is 0. The number of methoxy groups -OCH3 is 1. The van der Waals surface area contributed by atoms with Gasteiger partial charge in [0.1, 0.15) is 0 Å². The number of likely N-dealkylation sites (tertiary alicyclic amines) is 1. The summed E-state index contributed by atoms with van der Waals surface area (Å²) in [5, 5.41) is 0. The molecule has 21 heavy (non-hydrogen) atoms. The molecule has 1 aromatic rings. The first kappa shape index (κ1) is 16.0. The summed E-state index contributed by atoms with van der Waals surface area (Å²) in [6.45, 7) is 5.85. The Morgan fingerprint density at radius 3 is 2.52 bits per heavy atom. The molecule has 0 spiro atoms. The Morgan fingerprint density at radius 2 is 1.90 bits per heavy atom. The molecule has 0 saturated carbocycles. The van der Waals surface area contributed by atoms with Gasteiger partial charge in [-0.1, -0.05) is 24.3 Å². The zero-order chi connectivity index (χ0) is 15.1. The van der Waals surface area contributed by atoms with Crippen molar-refractivity contribution < 1.29 is 14.3 Å². The van der Waals surface area contributed by atoms with Crippen molar-refractivity contribution >= 4 is 5.97 Å². The van der Waals surface area contributed by atoms with E-state index >= 15 is 0 Å². The SMILES string of the molecule is CCOC1CCN(Cc2ccccc2CC(=O)OC)CC1. The second-order valence-corrected chi connectivity index (χ2v) is 5.45. The molecule has 1 aliphatic heterocycles. The minimum Gasteiger partial charge on any atom is -0.469 e. The summed E-state index contributed by atoms with van der Waals surface area (Å²) in [6.07, 6.45) is 2.94. The lowest BCUT2D eigenvalue weighted by Crippen LogP contribution is -2.36. The van der Waals surface area contributed by atoms with Crippen molar-refractivity contribution in [2.24, 2.45) is 0 Å². The van der Waals surface area contributed by atoms with Crippen molar-refractivity contribution in [2.75, 3.05) is 26.8 Å². The van der Waals surface area contributed by atoms with Gasteiger partial charge in [0.2, 0.25) is 0 Å². The van der Waals surface area contributed by atoms with Crippen LogP contribution in [0.3, 0.4) is 0 Å². The molecule has 1 saturated heterocycles. The molecule has 1 aliphatic rings. The summed E-state index contributed by atoms with van der Waals surface area (Å²) in [5.41, 5.74) is 2.29. The number of hydrogen-bond acceptors (Lipinski definition) is 4. The second kappa shape index (κ2) is 8.15. The summed E-state index contributed by atoms with van der Waals surface area (Å²) >= 11 is 0. The first-order chi connectivity index (χ1) is 10.2. The molecule has 1 heterocycles. The monoisotopic (exact) mass is 291 g/mol. The molecular weight excluding hydrogens is 266 g/mol. The van der Waals surface area contributed by atoms with Crippen LogP contribution in [-0.2, 0) is 27.2 Å². The zero-order valence-electron chi connectivity index (χ0n) is 13.0. The van der Waals surface area contributed by atoms with Crippen LogP contribution >= 0.6 is 0 Å². The van der Waals surface area contributed by atoms with Crippen LogP contribution in [0.4, 0.5) is 0 Å². The fourth-order valence-electron chi connectivity index (χ4n) is 2.82. The number of ether oxygens (including phenoxy) is 2. The van der Waals surface area contributed by atoms with E-state index in [0.717, 1.165) is 44.6 Å². The molecule has 4 heteroatoms. The van der Waals surface area contributed by atoms with Crippen LogP contribution in [0.5, 0.6) is 0 Å². The zero-order valence-corrected chi connectivity index (χ0v) is 13.0. The van der Waals surface area contributed by atoms with Crippen LogP contribution in [0.1, 0.15) is 30.9 Å². The van der Waals surface area contributed by atoms with E-state index in [1.165, 1.54) is 12.7 Å². The summed E-state index contributed by atoms with van der Waals surface area (Å²) in [6, 6.07) is 8.12. The number of benzene rings is 1. The molecule has 2 rings (SSSR count). The van der Waals surface area contributed by atoms with Crippen molar-refractivity contribution in [3.63, 3.8) is 0 Å². The van der Waals surface area contributed by atoms with Gasteiger partial charge in [-0.3, -0.25) is 9.69 Å². The lowest BCUT2D eigenvalue weighted by molar-refractivity contribution is -0.139. The topological polar surface area (TPSA) is 38.8 Å². The van der Waals surface area contributed by atoms with E-state index in [0.29, 0.717) is 12.5 Å². The molecule has 0 amide bonds. The van der Waals surface area contributed by atoms with Crippen molar-refractivity contribution in [2.45, 2.75) is 38.8 Å². The van der Waals surface area contributed by atoms with E-state index < -0.39 is 0 Å². The summed E-state index contributed by atoms with van der Waals surface area (Å²) in [7, 11) is 1.43. The minimum absolute atomic E-state index is 0.183. The first-order valence-corrected chi connectivity index (χ1v) is 7.70. The third kappa shape index (κ3) is 4.83. The normalized spacial score (nSPS) is 16.9. The van der Waals surface area contributed by atoms with Gasteiger partial charge in [0, 0.05) is 26.2 Å². The van der Waals surface area contributed by atoms with Crippen LogP contribution < -0.4 is 0 Å². The number of esters is 1. The molecule has 0 N–H and O–H groups in total. The maximum atomic E-state index is 11.5. The summed E-state index contributed by atoms with van der Waals surface area (Å²) in [4.78, 5) is 13.9. The molecule has 0 unspecified atom stereocenters. The van der Waals surface area contributed by atoms with E-state index in [9.17, 15) is 4.79 Å². The van der Waals surface area contributed by atoms with E-state index in [-0.39, 0.29) is 5.97 Å². The Labute approximate surface area is 127 Å². The molecule has 4 nitrogen and oxygen atoms in total. The quantitative estimate of drug-likeness (QED) is 0.755. The molecule has 0 radical (unpaired) electrons. The number of rotatable bonds is 6. The van der Waals surface area contributed by atoms with E-state index in [2.05, 4.69) is 17.9 Å². The average Bonchev–Trinajstić information content (AvgIpc) is 2.51. The molecule has 0 bridgehead atoms. The van der Waals surface area contributed by atoms with E-state index in [4.69, 9.17) is 9.47 Å². The van der Waals surface area contributed by atoms with Crippen molar-refractivity contribution in [1.29, 1.82) is 0 Å². The van der Waals surface area contributed by atoms with Crippen molar-refractivity contribution in [3.05, 3.63) is 35.4 Å². The molecule has 0 atom stereocenters. The lowest BCUT2D eigenvalue weighted by atomic mass is 10.0. The highest BCUT2D eigenvalue weighted by Crippen LogP contribution is 2.18. The Kier molecular flexibility index (Phi) is 6.21. The molecule has 1 aromatic carbocycles. The summed E-state index contributed by atoms with van der Waals surface area (Å²) < 4.78 is 10.5. The second-order valence-electron chi connectivity index (χ2n) is 5.45. The first-order valence-electron chi connectivity index (χ1n) is 7.70. The third-order valence-electron chi connectivity index (χ3n) is 4.01. The van der Waals surface area contributed by atoms with Gasteiger partial charge < -0.3 is 9.47 Å². The number of piperidine rings is 1. The fourth-order valence-corrected chi connectivity index (χ4v) is 2.82. The average molecular weight is 291 g/mol. The van der Waals surface area contributed by atoms with Gasteiger partial charge in [-0.15, -0.1) is 0 Å². The van der Waals surface area contributed by atoms with Gasteiger partial charge in [0.15, 0.2) is 0 Å². The predicted octanol–water partition coefficient (Wildman–Crippen LogP) is 2.40. The number of nitrogens with zero attached hydrogens (tertiary/aromatic N) is 1. The Hall–Kier alpha value is -1.39. The molecule has 0 aromatic heterocycles. The molecular formula is C17H25NO3. The molecule has 1 fully saturated rings. The van der Waals surface area contributed by atoms with Crippen LogP contribution in [0, 0.1) is 0 Å². The third-order valence-corrected chi connectivity index (χ3v) is 4.01. The fraction of sp³-hybridized carbons (Fsp3) is 0.588. The van der Waals surface area contributed by atoms with Gasteiger partial charge in [-0.2, -0.15) is 0 Å². The lowest BCUT2D eigenvalue weighted by Gasteiger charge is -2.32. The number of carbonyl (C=O) groups excluding carboxylic acids is 1. The van der Waals surface area contributed by atoms with Gasteiger partial charge in [0.05, 0.1) is 19.6 Å². The molecule has 0 aliphatic carbocycles. The minimum atomic E-state index is -0.183. The molecule has 116 valence electrons. The van der Waals surface area contributed by atoms with Crippen LogP contribution in [0.2, 0.25) is 0 Å². The Morgan fingerprint density at radius 1 is 1.24 bits per heavy atom. The van der Waals surface area contributed by atoms with Gasteiger partial charge in [-0.05, 0) is 30.9 Å². The van der Waals surface area contributed by atoms with Crippen LogP contribution in [0.15, 0.2) is 24.3 Å². The van der Waals surface area contributed by atoms with Crippen LogP contribution in [0.25, 0.3) is 0 Å². The largest absolute Gasteiger partial charge is 0.469 e. The smallest absolute Gasteiger partial charge is 0.309 e. The Bertz CT molecular complexity index is 453. The Balaban J connectivity index is 1.92. The predicted molar refractivity (Wildman–Crippen MR) is 82.1 cm³/mol. The van der Waals surface area contributed by atoms with Gasteiger partial charge >= 0.3 is 5.97 Å². The maximum absolute atomic E-state index is 11.5. The summed E-state index contributed by atoms with van der Waals surface area (Å²) in [5.74, 6) is -0.183. The highest BCUT2D eigenvalue weighted by Gasteiger charge is 2.20. The van der Waals surface area contributed by atoms with Gasteiger partial charge in [-0.25, -0.2) is 0 Å². The van der Waals surface area contributed by atoms with Crippen molar-refractivity contribution in [1.82, 2.24) is 4.90 Å². The van der Waals surface area contributed by atoms with E-state index in [1.54, 1.807) is 0 Å². The maximum Gasteiger partial charge on any atom is 0.309 e. The van der Waals surface area contributed by atoms with E-state index in [1.807, 2.05) is 18.2 Å². The highest BCUT2D eigenvalue weighted by atomic mass is 16.5. The number of carbonyl (C=O) groups is 1. The highest BCUT2D eigenvalue weighted by molar-refractivity contribution is 5.72. The standard InChI is InChI=1S/C17H25NO3/c1-3-21-16-8-10-18(11-9-16)13-15-7-5-4-6-14(15)12-17(19)20-2/h4-7,16H,3,8-13H2,1-2H3. The van der Waals surface area contributed by atoms with Crippen LogP contribution in [-0.4, -0.2) is 43.8 Å². The van der Waals surface area contributed by atoms with Crippen molar-refractivity contribution in [3.8, 4) is 0 Å².